The van der Waals surface area contributed by atoms with E-state index >= 15 is 0 Å². The number of hydrogen-bond donors (Lipinski definition) is 1. The summed E-state index contributed by atoms with van der Waals surface area (Å²) in [7, 11) is 0. The van der Waals surface area contributed by atoms with Crippen LogP contribution >= 0.6 is 11.6 Å². The third kappa shape index (κ3) is 3.71. The number of nitrogens with zero attached hydrogens (tertiary/aromatic N) is 1. The van der Waals surface area contributed by atoms with Crippen molar-refractivity contribution in [2.24, 2.45) is 11.7 Å². The van der Waals surface area contributed by atoms with Crippen LogP contribution < -0.4 is 10.5 Å². The quantitative estimate of drug-likeness (QED) is 0.905. The van der Waals surface area contributed by atoms with Crippen LogP contribution in [0.1, 0.15) is 22.3 Å². The van der Waals surface area contributed by atoms with Crippen LogP contribution in [0.3, 0.4) is 0 Å². The minimum absolute atomic E-state index is 0.000656. The van der Waals surface area contributed by atoms with Crippen molar-refractivity contribution < 1.29 is 9.53 Å². The van der Waals surface area contributed by atoms with Crippen LogP contribution in [0.5, 0.6) is 5.75 Å². The first-order valence-corrected chi connectivity index (χ1v) is 8.51. The highest BCUT2D eigenvalue weighted by atomic mass is 35.5. The molecule has 1 heterocycles. The normalized spacial score (nSPS) is 17.1. The summed E-state index contributed by atoms with van der Waals surface area (Å²) in [6.07, 6.45) is 0.963. The fourth-order valence-corrected chi connectivity index (χ4v) is 3.11. The van der Waals surface area contributed by atoms with E-state index in [1.54, 1.807) is 6.07 Å². The van der Waals surface area contributed by atoms with Gasteiger partial charge in [0.25, 0.3) is 5.91 Å². The van der Waals surface area contributed by atoms with E-state index in [0.717, 1.165) is 18.5 Å². The second-order valence-corrected chi connectivity index (χ2v) is 6.43. The molecule has 0 unspecified atom stereocenters. The molecule has 1 saturated heterocycles. The Balaban J connectivity index is 1.73. The second-order valence-electron chi connectivity index (χ2n) is 6.02. The van der Waals surface area contributed by atoms with E-state index in [2.05, 4.69) is 0 Å². The first kappa shape index (κ1) is 16.8. The topological polar surface area (TPSA) is 55.6 Å². The largest absolute Gasteiger partial charge is 0.488 e. The summed E-state index contributed by atoms with van der Waals surface area (Å²) in [5, 5.41) is 0.659. The molecule has 2 aromatic rings. The van der Waals surface area contributed by atoms with Gasteiger partial charge in [-0.25, -0.2) is 0 Å². The van der Waals surface area contributed by atoms with Crippen molar-refractivity contribution in [2.75, 3.05) is 19.6 Å². The first-order chi connectivity index (χ1) is 11.7. The molecule has 4 nitrogen and oxygen atoms in total. The molecule has 1 atom stereocenters. The lowest BCUT2D eigenvalue weighted by molar-refractivity contribution is 0.0782. The molecule has 1 amide bonds. The highest BCUT2D eigenvalue weighted by Crippen LogP contribution is 2.25. The molecule has 5 heteroatoms. The van der Waals surface area contributed by atoms with Gasteiger partial charge in [0.05, 0.1) is 5.56 Å². The summed E-state index contributed by atoms with van der Waals surface area (Å²) in [6, 6.07) is 14.9. The lowest BCUT2D eigenvalue weighted by atomic mass is 10.1. The zero-order valence-corrected chi connectivity index (χ0v) is 14.2. The minimum atomic E-state index is 0.000656. The molecular formula is C19H21ClN2O2. The molecule has 0 bridgehead atoms. The SMILES string of the molecule is NC[C@H]1CCN(C(=O)c2ccccc2OCc2ccccc2Cl)C1. The molecule has 2 aromatic carbocycles. The van der Waals surface area contributed by atoms with Gasteiger partial charge in [0, 0.05) is 23.7 Å². The van der Waals surface area contributed by atoms with Gasteiger partial charge in [0.2, 0.25) is 0 Å². The molecule has 0 aromatic heterocycles. The van der Waals surface area contributed by atoms with Gasteiger partial charge in [-0.2, -0.15) is 0 Å². The van der Waals surface area contributed by atoms with E-state index in [1.807, 2.05) is 47.4 Å². The van der Waals surface area contributed by atoms with E-state index in [4.69, 9.17) is 22.1 Å². The predicted molar refractivity (Wildman–Crippen MR) is 95.3 cm³/mol. The van der Waals surface area contributed by atoms with Crippen LogP contribution in [0.4, 0.5) is 0 Å². The number of hydrogen-bond acceptors (Lipinski definition) is 3. The van der Waals surface area contributed by atoms with Crippen molar-refractivity contribution in [2.45, 2.75) is 13.0 Å². The molecule has 0 radical (unpaired) electrons. The number of amides is 1. The van der Waals surface area contributed by atoms with E-state index < -0.39 is 0 Å². The van der Waals surface area contributed by atoms with Gasteiger partial charge in [0.1, 0.15) is 12.4 Å². The third-order valence-electron chi connectivity index (χ3n) is 4.36. The van der Waals surface area contributed by atoms with Crippen molar-refractivity contribution in [1.29, 1.82) is 0 Å². The maximum absolute atomic E-state index is 12.8. The first-order valence-electron chi connectivity index (χ1n) is 8.13. The monoisotopic (exact) mass is 344 g/mol. The number of ether oxygens (including phenoxy) is 1. The average Bonchev–Trinajstić information content (AvgIpc) is 3.10. The highest BCUT2D eigenvalue weighted by molar-refractivity contribution is 6.31. The average molecular weight is 345 g/mol. The van der Waals surface area contributed by atoms with Crippen molar-refractivity contribution in [3.8, 4) is 5.75 Å². The Bertz CT molecular complexity index is 720. The van der Waals surface area contributed by atoms with E-state index in [0.29, 0.717) is 41.9 Å². The maximum Gasteiger partial charge on any atom is 0.257 e. The Hall–Kier alpha value is -2.04. The molecular weight excluding hydrogens is 324 g/mol. The Kier molecular flexibility index (Phi) is 5.38. The number of halogens is 1. The number of likely N-dealkylation sites (tertiary alicyclic amines) is 1. The highest BCUT2D eigenvalue weighted by Gasteiger charge is 2.27. The van der Waals surface area contributed by atoms with Gasteiger partial charge in [-0.15, -0.1) is 0 Å². The van der Waals surface area contributed by atoms with Gasteiger partial charge < -0.3 is 15.4 Å². The van der Waals surface area contributed by atoms with Crippen molar-refractivity contribution in [3.05, 3.63) is 64.7 Å². The smallest absolute Gasteiger partial charge is 0.257 e. The fourth-order valence-electron chi connectivity index (χ4n) is 2.92. The van der Waals surface area contributed by atoms with Crippen LogP contribution in [0.25, 0.3) is 0 Å². The Morgan fingerprint density at radius 1 is 1.21 bits per heavy atom. The number of carbonyl (C=O) groups is 1. The molecule has 0 aliphatic carbocycles. The standard InChI is InChI=1S/C19H21ClN2O2/c20-17-7-3-1-5-15(17)13-24-18-8-4-2-6-16(18)19(23)22-10-9-14(11-21)12-22/h1-8,14H,9-13,21H2/t14-/m1/s1. The number of para-hydroxylation sites is 1. The zero-order valence-electron chi connectivity index (χ0n) is 13.5. The number of carbonyl (C=O) groups excluding carboxylic acids is 1. The Morgan fingerprint density at radius 3 is 2.71 bits per heavy atom. The molecule has 1 aliphatic heterocycles. The van der Waals surface area contributed by atoms with Crippen LogP contribution in [-0.2, 0) is 6.61 Å². The summed E-state index contributed by atoms with van der Waals surface area (Å²) in [5.41, 5.74) is 7.20. The van der Waals surface area contributed by atoms with Crippen molar-refractivity contribution in [1.82, 2.24) is 4.90 Å². The Labute approximate surface area is 147 Å². The molecule has 24 heavy (non-hydrogen) atoms. The summed E-state index contributed by atoms with van der Waals surface area (Å²) >= 11 is 6.16. The van der Waals surface area contributed by atoms with Gasteiger partial charge in [-0.1, -0.05) is 41.9 Å². The third-order valence-corrected chi connectivity index (χ3v) is 4.73. The van der Waals surface area contributed by atoms with Crippen molar-refractivity contribution >= 4 is 17.5 Å². The molecule has 0 spiro atoms. The lowest BCUT2D eigenvalue weighted by Gasteiger charge is -2.18. The van der Waals surface area contributed by atoms with E-state index in [-0.39, 0.29) is 5.91 Å². The molecule has 0 saturated carbocycles. The Morgan fingerprint density at radius 2 is 1.96 bits per heavy atom. The van der Waals surface area contributed by atoms with Crippen LogP contribution in [0.2, 0.25) is 5.02 Å². The summed E-state index contributed by atoms with van der Waals surface area (Å²) in [4.78, 5) is 14.6. The van der Waals surface area contributed by atoms with E-state index in [9.17, 15) is 4.79 Å². The van der Waals surface area contributed by atoms with Crippen LogP contribution in [-0.4, -0.2) is 30.4 Å². The molecule has 3 rings (SSSR count). The number of nitrogens with two attached hydrogens (primary N) is 1. The van der Waals surface area contributed by atoms with E-state index in [1.165, 1.54) is 0 Å². The van der Waals surface area contributed by atoms with Crippen LogP contribution in [0.15, 0.2) is 48.5 Å². The summed E-state index contributed by atoms with van der Waals surface area (Å²) in [5.74, 6) is 0.976. The predicted octanol–water partition coefficient (Wildman–Crippen LogP) is 3.34. The van der Waals surface area contributed by atoms with Crippen LogP contribution in [0, 0.1) is 5.92 Å². The zero-order chi connectivity index (χ0) is 16.9. The molecule has 126 valence electrons. The van der Waals surface area contributed by atoms with Gasteiger partial charge in [0.15, 0.2) is 0 Å². The molecule has 2 N–H and O–H groups in total. The van der Waals surface area contributed by atoms with Gasteiger partial charge in [-0.05, 0) is 37.1 Å². The van der Waals surface area contributed by atoms with Gasteiger partial charge in [-0.3, -0.25) is 4.79 Å². The summed E-state index contributed by atoms with van der Waals surface area (Å²) < 4.78 is 5.88. The lowest BCUT2D eigenvalue weighted by Crippen LogP contribution is -2.30. The minimum Gasteiger partial charge on any atom is -0.488 e. The second kappa shape index (κ2) is 7.69. The summed E-state index contributed by atoms with van der Waals surface area (Å²) in [6.45, 7) is 2.41. The number of benzene rings is 2. The maximum atomic E-state index is 12.8. The van der Waals surface area contributed by atoms with Gasteiger partial charge >= 0.3 is 0 Å². The van der Waals surface area contributed by atoms with Crippen molar-refractivity contribution in [3.63, 3.8) is 0 Å². The molecule has 1 fully saturated rings. The number of rotatable bonds is 5. The molecule has 1 aliphatic rings. The fraction of sp³-hybridized carbons (Fsp3) is 0.316.